The molecule has 0 radical (unpaired) electrons. The number of hydrogen-bond acceptors (Lipinski definition) is 4. The van der Waals surface area contributed by atoms with E-state index in [4.69, 9.17) is 10.3 Å². The molecule has 0 unspecified atom stereocenters. The second-order valence-electron chi connectivity index (χ2n) is 3.18. The van der Waals surface area contributed by atoms with E-state index in [2.05, 4.69) is 10.1 Å². The Morgan fingerprint density at radius 2 is 2.27 bits per heavy atom. The summed E-state index contributed by atoms with van der Waals surface area (Å²) < 4.78 is 17.9. The summed E-state index contributed by atoms with van der Waals surface area (Å²) >= 11 is 0. The molecule has 0 fully saturated rings. The van der Waals surface area contributed by atoms with Gasteiger partial charge in [0.2, 0.25) is 11.7 Å². The van der Waals surface area contributed by atoms with Crippen molar-refractivity contribution in [3.05, 3.63) is 35.5 Å². The number of aromatic nitrogens is 2. The van der Waals surface area contributed by atoms with Crippen LogP contribution in [0.4, 0.5) is 4.39 Å². The average molecular weight is 207 g/mol. The van der Waals surface area contributed by atoms with Gasteiger partial charge in [-0.1, -0.05) is 5.16 Å². The molecule has 15 heavy (non-hydrogen) atoms. The molecule has 1 aromatic heterocycles. The van der Waals surface area contributed by atoms with Crippen molar-refractivity contribution in [3.63, 3.8) is 0 Å². The van der Waals surface area contributed by atoms with Crippen molar-refractivity contribution in [1.82, 2.24) is 10.1 Å². The van der Waals surface area contributed by atoms with Gasteiger partial charge in [-0.2, -0.15) is 4.98 Å². The lowest BCUT2D eigenvalue weighted by atomic mass is 10.1. The first-order valence-electron chi connectivity index (χ1n) is 4.50. The molecule has 78 valence electrons. The van der Waals surface area contributed by atoms with Crippen LogP contribution in [-0.2, 0) is 6.54 Å². The number of benzene rings is 1. The predicted octanol–water partition coefficient (Wildman–Crippen LogP) is 1.64. The smallest absolute Gasteiger partial charge is 0.240 e. The van der Waals surface area contributed by atoms with Crippen LogP contribution in [0.2, 0.25) is 0 Å². The molecule has 2 aromatic rings. The van der Waals surface area contributed by atoms with Crippen molar-refractivity contribution in [1.29, 1.82) is 0 Å². The fraction of sp³-hybridized carbons (Fsp3) is 0.200. The molecule has 5 heteroatoms. The van der Waals surface area contributed by atoms with Crippen LogP contribution in [0.1, 0.15) is 11.5 Å². The number of halogens is 1. The van der Waals surface area contributed by atoms with E-state index in [-0.39, 0.29) is 12.4 Å². The summed E-state index contributed by atoms with van der Waals surface area (Å²) in [6.07, 6.45) is 0. The molecule has 4 nitrogen and oxygen atoms in total. The zero-order valence-electron chi connectivity index (χ0n) is 8.20. The Morgan fingerprint density at radius 1 is 1.47 bits per heavy atom. The summed E-state index contributed by atoms with van der Waals surface area (Å²) in [4.78, 5) is 4.04. The van der Waals surface area contributed by atoms with Gasteiger partial charge in [-0.25, -0.2) is 4.39 Å². The van der Waals surface area contributed by atoms with Gasteiger partial charge in [-0.3, -0.25) is 0 Å². The predicted molar refractivity (Wildman–Crippen MR) is 52.3 cm³/mol. The van der Waals surface area contributed by atoms with Crippen LogP contribution in [0.5, 0.6) is 0 Å². The van der Waals surface area contributed by atoms with E-state index in [1.165, 1.54) is 6.07 Å². The van der Waals surface area contributed by atoms with Crippen LogP contribution in [0.25, 0.3) is 11.4 Å². The SMILES string of the molecule is Cc1cc(-c2noc(CN)n2)ccc1F. The maximum Gasteiger partial charge on any atom is 0.240 e. The highest BCUT2D eigenvalue weighted by Gasteiger charge is 2.08. The van der Waals surface area contributed by atoms with Crippen molar-refractivity contribution >= 4 is 0 Å². The molecule has 0 bridgehead atoms. The lowest BCUT2D eigenvalue weighted by molar-refractivity contribution is 0.380. The van der Waals surface area contributed by atoms with Crippen molar-refractivity contribution in [2.45, 2.75) is 13.5 Å². The lowest BCUT2D eigenvalue weighted by Gasteiger charge is -1.97. The Morgan fingerprint density at radius 3 is 2.87 bits per heavy atom. The third kappa shape index (κ3) is 1.87. The number of nitrogens with two attached hydrogens (primary N) is 1. The van der Waals surface area contributed by atoms with Crippen molar-refractivity contribution in [2.75, 3.05) is 0 Å². The van der Waals surface area contributed by atoms with Crippen LogP contribution in [0.3, 0.4) is 0 Å². The molecule has 0 saturated heterocycles. The molecule has 0 aliphatic heterocycles. The van der Waals surface area contributed by atoms with E-state index in [9.17, 15) is 4.39 Å². The Balaban J connectivity index is 2.40. The number of aryl methyl sites for hydroxylation is 1. The molecule has 1 aromatic carbocycles. The number of hydrogen-bond donors (Lipinski definition) is 1. The van der Waals surface area contributed by atoms with Crippen LogP contribution >= 0.6 is 0 Å². The van der Waals surface area contributed by atoms with Crippen molar-refractivity contribution < 1.29 is 8.91 Å². The van der Waals surface area contributed by atoms with Gasteiger partial charge in [0.1, 0.15) is 5.82 Å². The first kappa shape index (κ1) is 9.79. The Kier molecular flexibility index (Phi) is 2.47. The lowest BCUT2D eigenvalue weighted by Crippen LogP contribution is -1.95. The topological polar surface area (TPSA) is 64.9 Å². The molecule has 2 N–H and O–H groups in total. The first-order valence-corrected chi connectivity index (χ1v) is 4.50. The van der Waals surface area contributed by atoms with Gasteiger partial charge in [-0.05, 0) is 30.7 Å². The third-order valence-electron chi connectivity index (χ3n) is 2.06. The van der Waals surface area contributed by atoms with E-state index in [1.54, 1.807) is 19.1 Å². The summed E-state index contributed by atoms with van der Waals surface area (Å²) in [6.45, 7) is 1.88. The molecular weight excluding hydrogens is 197 g/mol. The third-order valence-corrected chi connectivity index (χ3v) is 2.06. The zero-order valence-corrected chi connectivity index (χ0v) is 8.20. The Bertz CT molecular complexity index is 481. The highest BCUT2D eigenvalue weighted by atomic mass is 19.1. The van der Waals surface area contributed by atoms with Gasteiger partial charge in [0.05, 0.1) is 6.54 Å². The molecule has 0 spiro atoms. The summed E-state index contributed by atoms with van der Waals surface area (Å²) in [5, 5.41) is 3.74. The molecule has 0 atom stereocenters. The highest BCUT2D eigenvalue weighted by Crippen LogP contribution is 2.18. The van der Waals surface area contributed by atoms with Crippen LogP contribution in [0, 0.1) is 12.7 Å². The fourth-order valence-corrected chi connectivity index (χ4v) is 1.24. The first-order chi connectivity index (χ1) is 7.20. The molecule has 0 aliphatic carbocycles. The number of nitrogens with zero attached hydrogens (tertiary/aromatic N) is 2. The van der Waals surface area contributed by atoms with Crippen molar-refractivity contribution in [3.8, 4) is 11.4 Å². The Labute approximate surface area is 85.9 Å². The zero-order chi connectivity index (χ0) is 10.8. The van der Waals surface area contributed by atoms with E-state index in [0.29, 0.717) is 17.3 Å². The van der Waals surface area contributed by atoms with Gasteiger partial charge in [0.15, 0.2) is 0 Å². The maximum atomic E-state index is 13.0. The standard InChI is InChI=1S/C10H10FN3O/c1-6-4-7(2-3-8(6)11)10-13-9(5-12)15-14-10/h2-4H,5,12H2,1H3. The summed E-state index contributed by atoms with van der Waals surface area (Å²) in [6, 6.07) is 4.65. The summed E-state index contributed by atoms with van der Waals surface area (Å²) in [5.74, 6) is 0.548. The molecule has 0 amide bonds. The van der Waals surface area contributed by atoms with E-state index in [0.717, 1.165) is 5.56 Å². The molecule has 1 heterocycles. The van der Waals surface area contributed by atoms with Crippen LogP contribution in [0.15, 0.2) is 22.7 Å². The van der Waals surface area contributed by atoms with Crippen LogP contribution < -0.4 is 5.73 Å². The molecule has 0 saturated carbocycles. The normalized spacial score (nSPS) is 10.6. The fourth-order valence-electron chi connectivity index (χ4n) is 1.24. The van der Waals surface area contributed by atoms with Crippen LogP contribution in [-0.4, -0.2) is 10.1 Å². The molecule has 2 rings (SSSR count). The minimum atomic E-state index is -0.249. The Hall–Kier alpha value is -1.75. The average Bonchev–Trinajstić information content (AvgIpc) is 2.70. The minimum absolute atomic E-state index is 0.202. The van der Waals surface area contributed by atoms with E-state index < -0.39 is 0 Å². The summed E-state index contributed by atoms with van der Waals surface area (Å²) in [7, 11) is 0. The molecular formula is C10H10FN3O. The largest absolute Gasteiger partial charge is 0.338 e. The van der Waals surface area contributed by atoms with Crippen molar-refractivity contribution in [2.24, 2.45) is 5.73 Å². The quantitative estimate of drug-likeness (QED) is 0.813. The number of rotatable bonds is 2. The van der Waals surface area contributed by atoms with E-state index >= 15 is 0 Å². The minimum Gasteiger partial charge on any atom is -0.338 e. The van der Waals surface area contributed by atoms with Gasteiger partial charge >= 0.3 is 0 Å². The van der Waals surface area contributed by atoms with Gasteiger partial charge < -0.3 is 10.3 Å². The second-order valence-corrected chi connectivity index (χ2v) is 3.18. The monoisotopic (exact) mass is 207 g/mol. The van der Waals surface area contributed by atoms with Gasteiger partial charge in [0, 0.05) is 5.56 Å². The van der Waals surface area contributed by atoms with E-state index in [1.807, 2.05) is 0 Å². The van der Waals surface area contributed by atoms with Gasteiger partial charge in [0.25, 0.3) is 0 Å². The van der Waals surface area contributed by atoms with Gasteiger partial charge in [-0.15, -0.1) is 0 Å². The highest BCUT2D eigenvalue weighted by molar-refractivity contribution is 5.55. The maximum absolute atomic E-state index is 13.0. The summed E-state index contributed by atoms with van der Waals surface area (Å²) in [5.41, 5.74) is 6.61. The second kappa shape index (κ2) is 3.78. The molecule has 0 aliphatic rings.